The van der Waals surface area contributed by atoms with Crippen LogP contribution in [-0.4, -0.2) is 52.0 Å². The first-order valence-corrected chi connectivity index (χ1v) is 7.44. The van der Waals surface area contributed by atoms with Crippen LogP contribution in [-0.2, 0) is 9.59 Å². The first-order valence-electron chi connectivity index (χ1n) is 7.44. The van der Waals surface area contributed by atoms with E-state index in [9.17, 15) is 9.59 Å². The van der Waals surface area contributed by atoms with Gasteiger partial charge in [0.1, 0.15) is 12.1 Å². The van der Waals surface area contributed by atoms with Crippen LogP contribution in [0.3, 0.4) is 0 Å². The van der Waals surface area contributed by atoms with Crippen LogP contribution in [0.2, 0.25) is 0 Å². The van der Waals surface area contributed by atoms with Gasteiger partial charge in [-0.05, 0) is 25.9 Å². The molecule has 2 atom stereocenters. The predicted molar refractivity (Wildman–Crippen MR) is 84.3 cm³/mol. The Morgan fingerprint density at radius 3 is 2.54 bits per heavy atom. The summed E-state index contributed by atoms with van der Waals surface area (Å²) in [6, 6.07) is -1.77. The van der Waals surface area contributed by atoms with Crippen LogP contribution in [0.1, 0.15) is 43.1 Å². The van der Waals surface area contributed by atoms with Crippen molar-refractivity contribution < 1.29 is 24.2 Å². The number of aliphatic hydroxyl groups excluding tert-OH is 1. The molecule has 6 N–H and O–H groups in total. The molecular weight excluding hydrogens is 342 g/mol. The number of amides is 1. The van der Waals surface area contributed by atoms with Gasteiger partial charge in [-0.2, -0.15) is 0 Å². The molecule has 1 fully saturated rings. The topological polar surface area (TPSA) is 164 Å². The third-order valence-corrected chi connectivity index (χ3v) is 3.67. The average molecular weight is 364 g/mol. The molecule has 2 heterocycles. The van der Waals surface area contributed by atoms with Crippen molar-refractivity contribution >= 4 is 24.3 Å². The Kier molecular flexibility index (Phi) is 8.05. The molecule has 0 bridgehead atoms. The standard InChI is InChI=1S/C13H21N5O5.ClH/c14-8(6-19)12-17-18-13(23-12)9(5-10(20)21)16-11(22)7-1-3-15-4-2-7;/h7-9,15,19H,1-6,14H2,(H,16,22)(H,20,21);1H/t8-,9-;/m0./s1. The van der Waals surface area contributed by atoms with Gasteiger partial charge >= 0.3 is 5.97 Å². The molecule has 0 radical (unpaired) electrons. The van der Waals surface area contributed by atoms with Gasteiger partial charge in [0.05, 0.1) is 13.0 Å². The number of aliphatic hydroxyl groups is 1. The number of nitrogens with zero attached hydrogens (tertiary/aromatic N) is 2. The minimum Gasteiger partial charge on any atom is -0.481 e. The number of halogens is 1. The Bertz CT molecular complexity index is 549. The molecule has 11 heteroatoms. The van der Waals surface area contributed by atoms with Gasteiger partial charge in [0.25, 0.3) is 0 Å². The number of carbonyl (C=O) groups is 2. The molecule has 0 aliphatic carbocycles. The Balaban J connectivity index is 0.00000288. The van der Waals surface area contributed by atoms with E-state index >= 15 is 0 Å². The van der Waals surface area contributed by atoms with Crippen LogP contribution < -0.4 is 16.4 Å². The maximum Gasteiger partial charge on any atom is 0.305 e. The summed E-state index contributed by atoms with van der Waals surface area (Å²) >= 11 is 0. The quantitative estimate of drug-likeness (QED) is 0.413. The number of hydrogen-bond acceptors (Lipinski definition) is 8. The van der Waals surface area contributed by atoms with E-state index in [0.717, 1.165) is 13.1 Å². The first kappa shape index (κ1) is 20.3. The fraction of sp³-hybridized carbons (Fsp3) is 0.692. The molecule has 0 aromatic carbocycles. The van der Waals surface area contributed by atoms with Crippen LogP contribution in [0.5, 0.6) is 0 Å². The third kappa shape index (κ3) is 5.41. The molecule has 1 saturated heterocycles. The summed E-state index contributed by atoms with van der Waals surface area (Å²) < 4.78 is 5.29. The average Bonchev–Trinajstić information content (AvgIpc) is 3.03. The highest BCUT2D eigenvalue weighted by atomic mass is 35.5. The minimum atomic E-state index is -1.10. The fourth-order valence-electron chi connectivity index (χ4n) is 2.36. The van der Waals surface area contributed by atoms with Crippen LogP contribution in [0, 0.1) is 5.92 Å². The molecule has 24 heavy (non-hydrogen) atoms. The highest BCUT2D eigenvalue weighted by molar-refractivity contribution is 5.85. The van der Waals surface area contributed by atoms with E-state index in [-0.39, 0.29) is 49.0 Å². The van der Waals surface area contributed by atoms with E-state index in [1.165, 1.54) is 0 Å². The summed E-state index contributed by atoms with van der Waals surface area (Å²) in [6.07, 6.45) is 0.999. The molecule has 0 saturated carbocycles. The summed E-state index contributed by atoms with van der Waals surface area (Å²) in [5, 5.41) is 31.2. The normalized spacial score (nSPS) is 17.6. The Morgan fingerprint density at radius 2 is 1.96 bits per heavy atom. The van der Waals surface area contributed by atoms with Gasteiger partial charge in [-0.3, -0.25) is 9.59 Å². The second-order valence-electron chi connectivity index (χ2n) is 5.45. The maximum atomic E-state index is 12.3. The van der Waals surface area contributed by atoms with Crippen molar-refractivity contribution in [1.29, 1.82) is 0 Å². The van der Waals surface area contributed by atoms with Crippen LogP contribution in [0.15, 0.2) is 4.42 Å². The van der Waals surface area contributed by atoms with Gasteiger partial charge in [-0.25, -0.2) is 0 Å². The molecule has 1 aromatic heterocycles. The van der Waals surface area contributed by atoms with Crippen molar-refractivity contribution in [3.05, 3.63) is 11.8 Å². The lowest BCUT2D eigenvalue weighted by atomic mass is 9.96. The highest BCUT2D eigenvalue weighted by Gasteiger charge is 2.28. The minimum absolute atomic E-state index is 0. The molecule has 10 nitrogen and oxygen atoms in total. The number of carbonyl (C=O) groups excluding carboxylic acids is 1. The summed E-state index contributed by atoms with van der Waals surface area (Å²) in [5.74, 6) is -1.55. The summed E-state index contributed by atoms with van der Waals surface area (Å²) in [7, 11) is 0. The van der Waals surface area contributed by atoms with Gasteiger partial charge in [-0.15, -0.1) is 22.6 Å². The number of nitrogens with two attached hydrogens (primary N) is 1. The summed E-state index contributed by atoms with van der Waals surface area (Å²) in [5.41, 5.74) is 5.57. The van der Waals surface area contributed by atoms with Gasteiger partial charge in [-0.1, -0.05) is 0 Å². The van der Waals surface area contributed by atoms with Crippen molar-refractivity contribution in [2.75, 3.05) is 19.7 Å². The SMILES string of the molecule is Cl.N[C@@H](CO)c1nnc([C@H](CC(=O)O)NC(=O)C2CCNCC2)o1. The zero-order valence-electron chi connectivity index (χ0n) is 13.0. The van der Waals surface area contributed by atoms with E-state index in [2.05, 4.69) is 20.8 Å². The molecule has 0 spiro atoms. The van der Waals surface area contributed by atoms with Gasteiger partial charge in [0, 0.05) is 5.92 Å². The molecular formula is C13H22ClN5O5. The number of rotatable bonds is 7. The van der Waals surface area contributed by atoms with Crippen LogP contribution in [0.25, 0.3) is 0 Å². The Morgan fingerprint density at radius 1 is 1.33 bits per heavy atom. The monoisotopic (exact) mass is 363 g/mol. The van der Waals surface area contributed by atoms with Crippen molar-refractivity contribution in [3.63, 3.8) is 0 Å². The number of aromatic nitrogens is 2. The predicted octanol–water partition coefficient (Wildman–Crippen LogP) is -0.885. The van der Waals surface area contributed by atoms with Gasteiger partial charge in [0.2, 0.25) is 17.7 Å². The summed E-state index contributed by atoms with van der Waals surface area (Å²) in [4.78, 5) is 23.3. The number of piperidine rings is 1. The molecule has 2 rings (SSSR count). The number of carboxylic acid groups (broad SMARTS) is 1. The number of carboxylic acids is 1. The molecule has 0 unspecified atom stereocenters. The van der Waals surface area contributed by atoms with Gasteiger partial charge in [0.15, 0.2) is 0 Å². The van der Waals surface area contributed by atoms with E-state index in [4.69, 9.17) is 20.4 Å². The lowest BCUT2D eigenvalue weighted by Gasteiger charge is -2.23. The molecule has 1 amide bonds. The van der Waals surface area contributed by atoms with E-state index in [0.29, 0.717) is 12.8 Å². The van der Waals surface area contributed by atoms with Crippen molar-refractivity contribution in [1.82, 2.24) is 20.8 Å². The lowest BCUT2D eigenvalue weighted by molar-refractivity contribution is -0.138. The zero-order chi connectivity index (χ0) is 16.8. The van der Waals surface area contributed by atoms with Crippen LogP contribution in [0.4, 0.5) is 0 Å². The molecule has 1 aromatic rings. The highest BCUT2D eigenvalue weighted by Crippen LogP contribution is 2.20. The van der Waals surface area contributed by atoms with E-state index in [1.807, 2.05) is 0 Å². The lowest BCUT2D eigenvalue weighted by Crippen LogP contribution is -2.40. The number of aliphatic carboxylic acids is 1. The first-order chi connectivity index (χ1) is 11.0. The molecule has 136 valence electrons. The smallest absolute Gasteiger partial charge is 0.305 e. The maximum absolute atomic E-state index is 12.3. The van der Waals surface area contributed by atoms with Crippen molar-refractivity contribution in [2.24, 2.45) is 11.7 Å². The van der Waals surface area contributed by atoms with Crippen molar-refractivity contribution in [2.45, 2.75) is 31.3 Å². The largest absolute Gasteiger partial charge is 0.481 e. The van der Waals surface area contributed by atoms with Crippen LogP contribution >= 0.6 is 12.4 Å². The van der Waals surface area contributed by atoms with Crippen molar-refractivity contribution in [3.8, 4) is 0 Å². The number of nitrogens with one attached hydrogen (secondary N) is 2. The van der Waals surface area contributed by atoms with E-state index in [1.54, 1.807) is 0 Å². The second-order valence-corrected chi connectivity index (χ2v) is 5.45. The Hall–Kier alpha value is -1.75. The second kappa shape index (κ2) is 9.52. The van der Waals surface area contributed by atoms with E-state index < -0.39 is 18.1 Å². The third-order valence-electron chi connectivity index (χ3n) is 3.67. The number of hydrogen-bond donors (Lipinski definition) is 5. The van der Waals surface area contributed by atoms with Gasteiger partial charge < -0.3 is 31.0 Å². The Labute approximate surface area is 144 Å². The molecule has 1 aliphatic rings. The summed E-state index contributed by atoms with van der Waals surface area (Å²) in [6.45, 7) is 1.11. The fourth-order valence-corrected chi connectivity index (χ4v) is 2.36. The zero-order valence-corrected chi connectivity index (χ0v) is 13.8. The molecule has 1 aliphatic heterocycles.